The number of halogens is 1. The fraction of sp³-hybridized carbons (Fsp3) is 0.391. The zero-order valence-electron chi connectivity index (χ0n) is 38.3. The molecule has 4 aromatic rings. The van der Waals surface area contributed by atoms with Gasteiger partial charge in [0.2, 0.25) is 41.4 Å². The molecule has 0 aliphatic rings. The summed E-state index contributed by atoms with van der Waals surface area (Å²) >= 11 is 14.3. The number of aliphatic hydroxyl groups excluding tert-OH is 1. The minimum absolute atomic E-state index is 0.0106. The fourth-order valence-corrected chi connectivity index (χ4v) is 7.84. The molecule has 1 aromatic heterocycles. The van der Waals surface area contributed by atoms with Crippen LogP contribution in [0.4, 0.5) is 10.5 Å². The highest BCUT2D eigenvalue weighted by atomic mass is 35.5. The third-order valence-electron chi connectivity index (χ3n) is 11.0. The molecule has 4 rings (SSSR count). The van der Waals surface area contributed by atoms with Gasteiger partial charge in [0, 0.05) is 52.2 Å². The predicted octanol–water partition coefficient (Wildman–Crippen LogP) is -0.569. The lowest BCUT2D eigenvalue weighted by atomic mass is 10.0. The highest BCUT2D eigenvalue weighted by molar-refractivity contribution is 7.80. The topological polar surface area (TPSA) is 361 Å². The number of anilines is 1. The van der Waals surface area contributed by atoms with Gasteiger partial charge in [-0.1, -0.05) is 54.1 Å². The third kappa shape index (κ3) is 17.2. The van der Waals surface area contributed by atoms with E-state index in [0.29, 0.717) is 34.7 Å². The Bertz CT molecular complexity index is 2440. The molecule has 17 N–H and O–H groups in total. The van der Waals surface area contributed by atoms with Gasteiger partial charge in [-0.05, 0) is 86.2 Å². The van der Waals surface area contributed by atoms with Gasteiger partial charge in [0.05, 0.1) is 12.1 Å². The molecule has 0 radical (unpaired) electrons. The molecule has 0 spiro atoms. The highest BCUT2D eigenvalue weighted by Gasteiger charge is 2.35. The van der Waals surface area contributed by atoms with Gasteiger partial charge in [-0.15, -0.1) is 0 Å². The van der Waals surface area contributed by atoms with E-state index in [1.54, 1.807) is 48.7 Å². The van der Waals surface area contributed by atoms with Crippen LogP contribution in [0.3, 0.4) is 0 Å². The van der Waals surface area contributed by atoms with Crippen LogP contribution in [0.5, 0.6) is 0 Å². The number of aromatic amines is 1. The summed E-state index contributed by atoms with van der Waals surface area (Å²) in [6.07, 6.45) is 0.792. The number of nitrogens with one attached hydrogen (secondary N) is 8. The largest absolute Gasteiger partial charge is 0.391 e. The lowest BCUT2D eigenvalue weighted by Gasteiger charge is -2.28. The standard InChI is InChI=1S/C46H61ClN12O9S2/c1-24(60)38(45(67)57-36(22-69)39(50)61)59-41(63)33(8-4-5-17-48)54-43(65)35(20-27-21-52-32-7-3-2-6-30(27)32)56-42(64)34(19-26-11-15-29(16-12-26)53-46(51)68)55-44(66)37(23-70)58-40(62)31(49)18-25-9-13-28(47)14-10-25/h2-3,6-7,9-16,21,24,31,33-38,52,60,69-70H,4-5,8,17-20,22-23,48-49H2,1H3,(H2,50,61)(H,54,65)(H,55,66)(H,56,64)(H,57,67)(H,58,62)(H,59,63)(H3,51,53,68)/t24-,31+,33+,34+,35-,36+,37-,38+/m1/s1. The molecule has 0 bridgehead atoms. The van der Waals surface area contributed by atoms with E-state index in [2.05, 4.69) is 67.5 Å². The van der Waals surface area contributed by atoms with Crippen LogP contribution >= 0.6 is 36.9 Å². The van der Waals surface area contributed by atoms with E-state index in [9.17, 15) is 43.5 Å². The first-order valence-electron chi connectivity index (χ1n) is 22.3. The summed E-state index contributed by atoms with van der Waals surface area (Å²) in [5.74, 6) is -6.25. The maximum atomic E-state index is 14.6. The Hall–Kier alpha value is -6.37. The molecule has 0 fully saturated rings. The normalized spacial score (nSPS) is 14.6. The van der Waals surface area contributed by atoms with Gasteiger partial charge in [0.25, 0.3) is 0 Å². The van der Waals surface area contributed by atoms with Crippen LogP contribution in [-0.2, 0) is 52.8 Å². The summed E-state index contributed by atoms with van der Waals surface area (Å²) in [6, 6.07) is 10.0. The number of hydrogen-bond donors (Lipinski definition) is 15. The van der Waals surface area contributed by atoms with Crippen LogP contribution in [-0.4, -0.2) is 124 Å². The van der Waals surface area contributed by atoms with Crippen LogP contribution in [0.2, 0.25) is 5.02 Å². The van der Waals surface area contributed by atoms with E-state index >= 15 is 0 Å². The van der Waals surface area contributed by atoms with Gasteiger partial charge in [0.1, 0.15) is 36.3 Å². The number of unbranched alkanes of at least 4 members (excludes halogenated alkanes) is 1. The maximum absolute atomic E-state index is 14.6. The second kappa shape index (κ2) is 27.7. The number of nitrogens with two attached hydrogens (primary N) is 4. The number of thiol groups is 2. The SMILES string of the molecule is C[C@@H](O)[C@H](NC(=O)[C@H](CCCCN)NC(=O)[C@@H](Cc1c[nH]c2ccccc12)NC(=O)[C@H](Cc1ccc(NC(N)=O)cc1)NC(=O)[C@@H](CS)NC(=O)[C@@H](N)Cc1ccc(Cl)cc1)C(=O)N[C@@H](CS)C(N)=O. The molecule has 9 amide bonds. The van der Waals surface area contributed by atoms with E-state index in [1.807, 2.05) is 18.2 Å². The quantitative estimate of drug-likeness (QED) is 0.0265. The third-order valence-corrected chi connectivity index (χ3v) is 12.0. The zero-order valence-corrected chi connectivity index (χ0v) is 40.8. The number of primary amides is 2. The molecule has 0 aliphatic heterocycles. The van der Waals surface area contributed by atoms with Crippen molar-refractivity contribution in [3.8, 4) is 0 Å². The Balaban J connectivity index is 1.66. The number of rotatable bonds is 27. The number of hydrogen-bond acceptors (Lipinski definition) is 13. The molecule has 378 valence electrons. The smallest absolute Gasteiger partial charge is 0.316 e. The van der Waals surface area contributed by atoms with Crippen molar-refractivity contribution in [3.63, 3.8) is 0 Å². The summed E-state index contributed by atoms with van der Waals surface area (Å²) in [4.78, 5) is 110. The highest BCUT2D eigenvalue weighted by Crippen LogP contribution is 2.20. The Morgan fingerprint density at radius 3 is 1.76 bits per heavy atom. The zero-order chi connectivity index (χ0) is 51.5. The molecule has 0 aliphatic carbocycles. The Morgan fingerprint density at radius 2 is 1.17 bits per heavy atom. The lowest BCUT2D eigenvalue weighted by molar-refractivity contribution is -0.136. The summed E-state index contributed by atoms with van der Waals surface area (Å²) < 4.78 is 0. The molecule has 24 heteroatoms. The number of H-pyrrole nitrogens is 1. The fourth-order valence-electron chi connectivity index (χ4n) is 7.19. The van der Waals surface area contributed by atoms with Crippen molar-refractivity contribution in [2.24, 2.45) is 22.9 Å². The van der Waals surface area contributed by atoms with Gasteiger partial charge in [-0.2, -0.15) is 25.3 Å². The summed E-state index contributed by atoms with van der Waals surface area (Å²) in [6.45, 7) is 1.50. The Kier molecular flexibility index (Phi) is 22.3. The molecule has 0 saturated carbocycles. The van der Waals surface area contributed by atoms with Crippen molar-refractivity contribution in [2.75, 3.05) is 23.4 Å². The van der Waals surface area contributed by atoms with Crippen LogP contribution < -0.4 is 60.2 Å². The maximum Gasteiger partial charge on any atom is 0.316 e. The molecular weight excluding hydrogens is 964 g/mol. The van der Waals surface area contributed by atoms with Crippen molar-refractivity contribution in [3.05, 3.63) is 101 Å². The molecule has 21 nitrogen and oxygen atoms in total. The van der Waals surface area contributed by atoms with Gasteiger partial charge in [-0.3, -0.25) is 33.6 Å². The summed E-state index contributed by atoms with van der Waals surface area (Å²) in [7, 11) is 0. The Labute approximate surface area is 420 Å². The summed E-state index contributed by atoms with van der Waals surface area (Å²) in [5, 5.41) is 29.8. The number of carbonyl (C=O) groups excluding carboxylic acids is 8. The van der Waals surface area contributed by atoms with Crippen molar-refractivity contribution in [2.45, 2.75) is 93.8 Å². The Morgan fingerprint density at radius 1 is 0.643 bits per heavy atom. The monoisotopic (exact) mass is 1020 g/mol. The van der Waals surface area contributed by atoms with Gasteiger partial charge in [0.15, 0.2) is 0 Å². The number of aliphatic hydroxyl groups is 1. The van der Waals surface area contributed by atoms with Gasteiger partial charge in [-0.25, -0.2) is 4.79 Å². The summed E-state index contributed by atoms with van der Waals surface area (Å²) in [5.41, 5.74) is 25.5. The van der Waals surface area contributed by atoms with E-state index in [1.165, 1.54) is 19.1 Å². The van der Waals surface area contributed by atoms with E-state index in [4.69, 9.17) is 34.5 Å². The van der Waals surface area contributed by atoms with Crippen LogP contribution in [0.15, 0.2) is 79.0 Å². The first-order chi connectivity index (χ1) is 33.3. The van der Waals surface area contributed by atoms with Gasteiger partial charge >= 0.3 is 6.03 Å². The van der Waals surface area contributed by atoms with E-state index in [0.717, 1.165) is 16.5 Å². The average molecular weight is 1030 g/mol. The van der Waals surface area contributed by atoms with Crippen molar-refractivity contribution in [1.29, 1.82) is 0 Å². The second-order valence-electron chi connectivity index (χ2n) is 16.5. The number of urea groups is 1. The number of para-hydroxylation sites is 1. The van der Waals surface area contributed by atoms with Crippen molar-refractivity contribution < 1.29 is 43.5 Å². The number of carbonyl (C=O) groups is 8. The van der Waals surface area contributed by atoms with E-state index in [-0.39, 0.29) is 43.7 Å². The first kappa shape index (κ1) is 56.2. The molecule has 8 atom stereocenters. The molecule has 0 saturated heterocycles. The number of fused-ring (bicyclic) bond motifs is 1. The second-order valence-corrected chi connectivity index (χ2v) is 17.6. The number of amides is 9. The molecular formula is C46H61ClN12O9S2. The van der Waals surface area contributed by atoms with Crippen LogP contribution in [0, 0.1) is 0 Å². The lowest BCUT2D eigenvalue weighted by Crippen LogP contribution is -2.61. The molecule has 0 unspecified atom stereocenters. The van der Waals surface area contributed by atoms with Crippen LogP contribution in [0.1, 0.15) is 42.9 Å². The molecule has 70 heavy (non-hydrogen) atoms. The minimum Gasteiger partial charge on any atom is -0.391 e. The number of aromatic nitrogens is 1. The minimum atomic E-state index is -1.60. The van der Waals surface area contributed by atoms with Crippen LogP contribution in [0.25, 0.3) is 10.9 Å². The number of benzene rings is 3. The van der Waals surface area contributed by atoms with E-state index < -0.39 is 95.8 Å². The molecule has 3 aromatic carbocycles. The van der Waals surface area contributed by atoms with Crippen molar-refractivity contribution >= 4 is 101 Å². The van der Waals surface area contributed by atoms with Gasteiger partial charge < -0.3 is 70.2 Å². The molecule has 1 heterocycles. The predicted molar refractivity (Wildman–Crippen MR) is 272 cm³/mol. The first-order valence-corrected chi connectivity index (χ1v) is 23.9. The average Bonchev–Trinajstić information content (AvgIpc) is 3.73. The van der Waals surface area contributed by atoms with Crippen molar-refractivity contribution in [1.82, 2.24) is 36.9 Å².